The first-order valence-corrected chi connectivity index (χ1v) is 9.20. The first-order chi connectivity index (χ1) is 13.6. The molecule has 0 radical (unpaired) electrons. The molecule has 0 saturated heterocycles. The molecule has 4 aromatic rings. The standard InChI is InChI=1S/C20H14N4O3S/c1-13-10-11-14-6-5-9-16(17(14)23-13)27-19-18(24(25)26)20(22-12-21-19)28-15-7-3-2-4-8-15/h2-12H,1H3. The second-order valence-corrected chi connectivity index (χ2v) is 6.95. The van der Waals surface area contributed by atoms with Crippen LogP contribution in [0.3, 0.4) is 0 Å². The molecule has 7 nitrogen and oxygen atoms in total. The first kappa shape index (κ1) is 17.9. The third-order valence-corrected chi connectivity index (χ3v) is 4.92. The zero-order chi connectivity index (χ0) is 19.5. The fraction of sp³-hybridized carbons (Fsp3) is 0.0500. The van der Waals surface area contributed by atoms with Gasteiger partial charge in [0.1, 0.15) is 11.8 Å². The van der Waals surface area contributed by atoms with Crippen molar-refractivity contribution in [3.05, 3.63) is 82.8 Å². The summed E-state index contributed by atoms with van der Waals surface area (Å²) in [5, 5.41) is 12.8. The van der Waals surface area contributed by atoms with Crippen LogP contribution in [0, 0.1) is 17.0 Å². The molecule has 0 aliphatic heterocycles. The minimum atomic E-state index is -0.523. The molecule has 0 amide bonds. The van der Waals surface area contributed by atoms with E-state index in [1.807, 2.05) is 55.5 Å². The number of fused-ring (bicyclic) bond motifs is 1. The normalized spacial score (nSPS) is 10.8. The van der Waals surface area contributed by atoms with Crippen LogP contribution >= 0.6 is 11.8 Å². The van der Waals surface area contributed by atoms with Crippen molar-refractivity contribution < 1.29 is 9.66 Å². The Balaban J connectivity index is 1.77. The Morgan fingerprint density at radius 2 is 1.82 bits per heavy atom. The lowest BCUT2D eigenvalue weighted by Crippen LogP contribution is -2.00. The molecule has 0 fully saturated rings. The van der Waals surface area contributed by atoms with Crippen LogP contribution in [0.25, 0.3) is 10.9 Å². The van der Waals surface area contributed by atoms with E-state index in [0.29, 0.717) is 11.3 Å². The van der Waals surface area contributed by atoms with Crippen LogP contribution in [0.2, 0.25) is 0 Å². The smallest absolute Gasteiger partial charge is 0.363 e. The lowest BCUT2D eigenvalue weighted by molar-refractivity contribution is -0.389. The van der Waals surface area contributed by atoms with Crippen LogP contribution in [0.4, 0.5) is 5.69 Å². The Labute approximate surface area is 164 Å². The topological polar surface area (TPSA) is 91.0 Å². The maximum absolute atomic E-state index is 11.8. The predicted octanol–water partition coefficient (Wildman–Crippen LogP) is 5.18. The minimum Gasteiger partial charge on any atom is -0.431 e. The molecule has 138 valence electrons. The third kappa shape index (κ3) is 3.63. The highest BCUT2D eigenvalue weighted by Gasteiger charge is 2.26. The summed E-state index contributed by atoms with van der Waals surface area (Å²) < 4.78 is 5.85. The van der Waals surface area contributed by atoms with Crippen LogP contribution in [0.1, 0.15) is 5.69 Å². The Morgan fingerprint density at radius 1 is 1.00 bits per heavy atom. The summed E-state index contributed by atoms with van der Waals surface area (Å²) in [5.74, 6) is 0.285. The van der Waals surface area contributed by atoms with Gasteiger partial charge in [0.05, 0.1) is 4.92 Å². The van der Waals surface area contributed by atoms with Gasteiger partial charge < -0.3 is 4.74 Å². The van der Waals surface area contributed by atoms with E-state index in [0.717, 1.165) is 16.0 Å². The number of hydrogen-bond acceptors (Lipinski definition) is 7. The van der Waals surface area contributed by atoms with Gasteiger partial charge in [-0.25, -0.2) is 9.97 Å². The Kier molecular flexibility index (Phi) is 4.86. The maximum Gasteiger partial charge on any atom is 0.363 e. The van der Waals surface area contributed by atoms with Gasteiger partial charge in [-0.15, -0.1) is 0 Å². The Hall–Kier alpha value is -3.52. The SMILES string of the molecule is Cc1ccc2cccc(Oc3ncnc(Sc4ccccc4)c3[N+](=O)[O-])c2n1. The molecule has 0 aliphatic rings. The lowest BCUT2D eigenvalue weighted by Gasteiger charge is -2.09. The molecule has 8 heteroatoms. The number of pyridine rings is 1. The average Bonchev–Trinajstić information content (AvgIpc) is 2.69. The number of nitrogens with zero attached hydrogens (tertiary/aromatic N) is 4. The summed E-state index contributed by atoms with van der Waals surface area (Å²) in [6, 6.07) is 18.5. The largest absolute Gasteiger partial charge is 0.431 e. The van der Waals surface area contributed by atoms with E-state index in [2.05, 4.69) is 15.0 Å². The summed E-state index contributed by atoms with van der Waals surface area (Å²) in [6.45, 7) is 1.87. The summed E-state index contributed by atoms with van der Waals surface area (Å²) in [5.41, 5.74) is 1.16. The van der Waals surface area contributed by atoms with Crippen LogP contribution in [0.15, 0.2) is 76.9 Å². The first-order valence-electron chi connectivity index (χ1n) is 8.38. The van der Waals surface area contributed by atoms with Crippen LogP contribution in [0.5, 0.6) is 11.6 Å². The van der Waals surface area contributed by atoms with E-state index >= 15 is 0 Å². The number of aromatic nitrogens is 3. The highest BCUT2D eigenvalue weighted by molar-refractivity contribution is 7.99. The predicted molar refractivity (Wildman–Crippen MR) is 106 cm³/mol. The number of para-hydroxylation sites is 1. The third-order valence-electron chi connectivity index (χ3n) is 3.92. The number of hydrogen-bond donors (Lipinski definition) is 0. The molecule has 0 spiro atoms. The van der Waals surface area contributed by atoms with Crippen molar-refractivity contribution in [2.45, 2.75) is 16.8 Å². The van der Waals surface area contributed by atoms with Gasteiger partial charge in [0.2, 0.25) is 0 Å². The van der Waals surface area contributed by atoms with Crippen molar-refractivity contribution in [1.29, 1.82) is 0 Å². The monoisotopic (exact) mass is 390 g/mol. The van der Waals surface area contributed by atoms with E-state index in [9.17, 15) is 10.1 Å². The molecule has 0 aliphatic carbocycles. The molecule has 28 heavy (non-hydrogen) atoms. The second-order valence-electron chi connectivity index (χ2n) is 5.89. The van der Waals surface area contributed by atoms with Gasteiger partial charge in [0.15, 0.2) is 10.8 Å². The van der Waals surface area contributed by atoms with Gasteiger partial charge in [-0.2, -0.15) is 4.98 Å². The van der Waals surface area contributed by atoms with Gasteiger partial charge in [-0.3, -0.25) is 10.1 Å². The summed E-state index contributed by atoms with van der Waals surface area (Å²) in [6.07, 6.45) is 1.26. The molecular formula is C20H14N4O3S. The van der Waals surface area contributed by atoms with Crippen LogP contribution in [-0.4, -0.2) is 19.9 Å². The number of aryl methyl sites for hydroxylation is 1. The summed E-state index contributed by atoms with van der Waals surface area (Å²) >= 11 is 1.18. The van der Waals surface area contributed by atoms with E-state index in [1.165, 1.54) is 18.1 Å². The van der Waals surface area contributed by atoms with Crippen molar-refractivity contribution in [2.24, 2.45) is 0 Å². The van der Waals surface area contributed by atoms with E-state index in [-0.39, 0.29) is 16.6 Å². The molecule has 0 saturated carbocycles. The lowest BCUT2D eigenvalue weighted by atomic mass is 10.2. The molecule has 0 atom stereocenters. The Bertz CT molecular complexity index is 1170. The van der Waals surface area contributed by atoms with Gasteiger partial charge in [-0.1, -0.05) is 48.2 Å². The molecule has 2 heterocycles. The fourth-order valence-corrected chi connectivity index (χ4v) is 3.53. The van der Waals surface area contributed by atoms with E-state index < -0.39 is 4.92 Å². The molecular weight excluding hydrogens is 376 g/mol. The molecule has 0 unspecified atom stereocenters. The van der Waals surface area contributed by atoms with E-state index in [1.54, 1.807) is 12.1 Å². The van der Waals surface area contributed by atoms with Crippen molar-refractivity contribution in [2.75, 3.05) is 0 Å². The number of ether oxygens (including phenoxy) is 1. The maximum atomic E-state index is 11.8. The van der Waals surface area contributed by atoms with Crippen molar-refractivity contribution in [3.63, 3.8) is 0 Å². The molecule has 0 bridgehead atoms. The molecule has 4 rings (SSSR count). The van der Waals surface area contributed by atoms with Crippen molar-refractivity contribution in [3.8, 4) is 11.6 Å². The Morgan fingerprint density at radius 3 is 2.61 bits per heavy atom. The number of benzene rings is 2. The molecule has 0 N–H and O–H groups in total. The van der Waals surface area contributed by atoms with Gasteiger partial charge >= 0.3 is 11.6 Å². The minimum absolute atomic E-state index is 0.116. The van der Waals surface area contributed by atoms with Crippen molar-refractivity contribution in [1.82, 2.24) is 15.0 Å². The molecule has 2 aromatic heterocycles. The number of nitro groups is 1. The summed E-state index contributed by atoms with van der Waals surface area (Å²) in [4.78, 5) is 24.7. The second kappa shape index (κ2) is 7.61. The highest BCUT2D eigenvalue weighted by atomic mass is 32.2. The fourth-order valence-electron chi connectivity index (χ4n) is 2.66. The summed E-state index contributed by atoms with van der Waals surface area (Å²) in [7, 11) is 0. The van der Waals surface area contributed by atoms with E-state index in [4.69, 9.17) is 4.74 Å². The van der Waals surface area contributed by atoms with Crippen LogP contribution < -0.4 is 4.74 Å². The van der Waals surface area contributed by atoms with Gasteiger partial charge in [-0.05, 0) is 31.2 Å². The zero-order valence-electron chi connectivity index (χ0n) is 14.8. The quantitative estimate of drug-likeness (QED) is 0.263. The number of rotatable bonds is 5. The van der Waals surface area contributed by atoms with Crippen LogP contribution in [-0.2, 0) is 0 Å². The average molecular weight is 390 g/mol. The van der Waals surface area contributed by atoms with Gasteiger partial charge in [0.25, 0.3) is 0 Å². The zero-order valence-corrected chi connectivity index (χ0v) is 15.6. The van der Waals surface area contributed by atoms with Crippen molar-refractivity contribution >= 4 is 28.4 Å². The molecule has 2 aromatic carbocycles. The van der Waals surface area contributed by atoms with Gasteiger partial charge in [0, 0.05) is 16.0 Å². The highest BCUT2D eigenvalue weighted by Crippen LogP contribution is 2.40.